The van der Waals surface area contributed by atoms with Gasteiger partial charge in [0.05, 0.1) is 28.5 Å². The van der Waals surface area contributed by atoms with E-state index in [9.17, 15) is 4.79 Å². The molecule has 6 rings (SSSR count). The van der Waals surface area contributed by atoms with Crippen LogP contribution in [0.1, 0.15) is 13.8 Å². The highest BCUT2D eigenvalue weighted by atomic mass is 19.1. The molecule has 1 saturated heterocycles. The Kier molecular flexibility index (Phi) is 5.99. The number of aromatic nitrogens is 6. The molecule has 0 atom stereocenters. The molecular weight excluding hydrogens is 485 g/mol. The Labute approximate surface area is 218 Å². The third kappa shape index (κ3) is 4.24. The monoisotopic (exact) mass is 513 g/mol. The van der Waals surface area contributed by atoms with Crippen LogP contribution in [-0.2, 0) is 4.79 Å². The second-order valence-corrected chi connectivity index (χ2v) is 9.93. The lowest BCUT2D eigenvalue weighted by Gasteiger charge is -2.34. The van der Waals surface area contributed by atoms with E-state index in [1.165, 1.54) is 0 Å². The lowest BCUT2D eigenvalue weighted by Crippen LogP contribution is -2.44. The van der Waals surface area contributed by atoms with E-state index in [0.717, 1.165) is 37.4 Å². The van der Waals surface area contributed by atoms with Crippen molar-refractivity contribution in [2.45, 2.75) is 13.8 Å². The maximum absolute atomic E-state index is 16.1. The third-order valence-electron chi connectivity index (χ3n) is 6.95. The molecule has 4 aromatic heterocycles. The third-order valence-corrected chi connectivity index (χ3v) is 6.95. The van der Waals surface area contributed by atoms with E-state index in [-0.39, 0.29) is 11.8 Å². The molecular formula is C27H28FN9O. The lowest BCUT2D eigenvalue weighted by atomic mass is 10.0. The highest BCUT2D eigenvalue weighted by Gasteiger charge is 2.22. The van der Waals surface area contributed by atoms with Crippen molar-refractivity contribution in [2.75, 3.05) is 43.4 Å². The van der Waals surface area contributed by atoms with Crippen LogP contribution < -0.4 is 10.2 Å². The highest BCUT2D eigenvalue weighted by molar-refractivity contribution is 5.98. The molecule has 0 radical (unpaired) electrons. The zero-order valence-electron chi connectivity index (χ0n) is 21.4. The van der Waals surface area contributed by atoms with Gasteiger partial charge in [-0.15, -0.1) is 0 Å². The molecule has 0 unspecified atom stereocenters. The largest absolute Gasteiger partial charge is 0.367 e. The number of carbonyl (C=O) groups is 1. The van der Waals surface area contributed by atoms with E-state index < -0.39 is 5.82 Å². The molecule has 5 heterocycles. The van der Waals surface area contributed by atoms with Crippen molar-refractivity contribution < 1.29 is 9.18 Å². The average molecular weight is 514 g/mol. The molecule has 1 fully saturated rings. The van der Waals surface area contributed by atoms with Gasteiger partial charge in [-0.1, -0.05) is 13.8 Å². The zero-order chi connectivity index (χ0) is 26.4. The first-order chi connectivity index (χ1) is 18.4. The summed E-state index contributed by atoms with van der Waals surface area (Å²) < 4.78 is 16.1. The molecule has 1 amide bonds. The first-order valence-corrected chi connectivity index (χ1v) is 12.6. The van der Waals surface area contributed by atoms with Gasteiger partial charge in [-0.2, -0.15) is 5.10 Å². The van der Waals surface area contributed by atoms with Gasteiger partial charge in [-0.25, -0.2) is 14.4 Å². The standard InChI is InChI=1S/C27H28FN9O/c1-15(2)27(38)31-17-12-16(13-29-14-17)18-4-5-19-21(22(18)28)24(35-34-19)26-32-23-20(6-7-30-25(23)33-26)37-10-8-36(3)9-11-37/h4-7,12-15H,8-11H2,1-3H3,(H,31,38)(H,34,35)(H,30,32,33). The SMILES string of the molecule is CC(C)C(=O)Nc1cncc(-c2ccc3[nH]nc(-c4nc5nccc(N6CCN(C)CC6)c5[nH]4)c3c2F)c1. The smallest absolute Gasteiger partial charge is 0.226 e. The molecule has 1 aromatic carbocycles. The molecule has 0 bridgehead atoms. The van der Waals surface area contributed by atoms with Crippen LogP contribution in [0.15, 0.2) is 42.9 Å². The van der Waals surface area contributed by atoms with Crippen molar-refractivity contribution in [3.05, 3.63) is 48.7 Å². The minimum Gasteiger partial charge on any atom is -0.367 e. The molecule has 10 nitrogen and oxygen atoms in total. The van der Waals surface area contributed by atoms with Gasteiger partial charge in [-0.05, 0) is 31.3 Å². The fourth-order valence-electron chi connectivity index (χ4n) is 4.73. The number of nitrogens with zero attached hydrogens (tertiary/aromatic N) is 6. The molecule has 5 aromatic rings. The number of aromatic amines is 2. The van der Waals surface area contributed by atoms with Crippen molar-refractivity contribution in [3.8, 4) is 22.6 Å². The minimum absolute atomic E-state index is 0.133. The highest BCUT2D eigenvalue weighted by Crippen LogP contribution is 2.35. The fourth-order valence-corrected chi connectivity index (χ4v) is 4.73. The predicted octanol–water partition coefficient (Wildman–Crippen LogP) is 4.05. The summed E-state index contributed by atoms with van der Waals surface area (Å²) in [5.41, 5.74) is 4.70. The van der Waals surface area contributed by atoms with Crippen LogP contribution in [0.5, 0.6) is 0 Å². The second kappa shape index (κ2) is 9.49. The first-order valence-electron chi connectivity index (χ1n) is 12.6. The number of anilines is 2. The molecule has 0 saturated carbocycles. The summed E-state index contributed by atoms with van der Waals surface area (Å²) in [4.78, 5) is 33.4. The summed E-state index contributed by atoms with van der Waals surface area (Å²) in [5.74, 6) is -0.331. The Morgan fingerprint density at radius 1 is 1.13 bits per heavy atom. The summed E-state index contributed by atoms with van der Waals surface area (Å²) in [6.45, 7) is 7.36. The number of halogens is 1. The minimum atomic E-state index is -0.451. The molecule has 3 N–H and O–H groups in total. The van der Waals surface area contributed by atoms with Gasteiger partial charge in [0, 0.05) is 55.6 Å². The predicted molar refractivity (Wildman–Crippen MR) is 145 cm³/mol. The number of carbonyl (C=O) groups excluding carboxylic acids is 1. The van der Waals surface area contributed by atoms with Crippen molar-refractivity contribution in [1.29, 1.82) is 0 Å². The topological polar surface area (TPSA) is 119 Å². The number of nitrogens with one attached hydrogen (secondary N) is 3. The summed E-state index contributed by atoms with van der Waals surface area (Å²) in [7, 11) is 2.12. The Balaban J connectivity index is 1.40. The van der Waals surface area contributed by atoms with Gasteiger partial charge < -0.3 is 20.1 Å². The zero-order valence-corrected chi connectivity index (χ0v) is 21.4. The van der Waals surface area contributed by atoms with Crippen LogP contribution in [0.2, 0.25) is 0 Å². The van der Waals surface area contributed by atoms with Crippen LogP contribution in [0, 0.1) is 11.7 Å². The van der Waals surface area contributed by atoms with Gasteiger partial charge >= 0.3 is 0 Å². The fraction of sp³-hybridized carbons (Fsp3) is 0.296. The van der Waals surface area contributed by atoms with E-state index >= 15 is 4.39 Å². The van der Waals surface area contributed by atoms with Crippen molar-refractivity contribution in [3.63, 3.8) is 0 Å². The van der Waals surface area contributed by atoms with Gasteiger partial charge in [-0.3, -0.25) is 14.9 Å². The normalized spacial score (nSPS) is 14.6. The number of rotatable bonds is 5. The van der Waals surface area contributed by atoms with E-state index in [1.54, 1.807) is 36.8 Å². The number of hydrogen-bond donors (Lipinski definition) is 3. The van der Waals surface area contributed by atoms with Crippen molar-refractivity contribution in [2.24, 2.45) is 5.92 Å². The van der Waals surface area contributed by atoms with E-state index in [4.69, 9.17) is 0 Å². The quantitative estimate of drug-likeness (QED) is 0.324. The number of hydrogen-bond acceptors (Lipinski definition) is 7. The van der Waals surface area contributed by atoms with Crippen LogP contribution >= 0.6 is 0 Å². The molecule has 38 heavy (non-hydrogen) atoms. The lowest BCUT2D eigenvalue weighted by molar-refractivity contribution is -0.118. The summed E-state index contributed by atoms with van der Waals surface area (Å²) >= 11 is 0. The van der Waals surface area contributed by atoms with E-state index in [0.29, 0.717) is 44.9 Å². The van der Waals surface area contributed by atoms with Gasteiger partial charge in [0.25, 0.3) is 0 Å². The maximum atomic E-state index is 16.1. The average Bonchev–Trinajstić information content (AvgIpc) is 3.54. The summed E-state index contributed by atoms with van der Waals surface area (Å²) in [5, 5.41) is 10.5. The first kappa shape index (κ1) is 24.0. The number of fused-ring (bicyclic) bond motifs is 2. The number of amides is 1. The number of pyridine rings is 2. The number of H-pyrrole nitrogens is 2. The van der Waals surface area contributed by atoms with Gasteiger partial charge in [0.15, 0.2) is 11.5 Å². The molecule has 0 spiro atoms. The summed E-state index contributed by atoms with van der Waals surface area (Å²) in [6, 6.07) is 7.15. The Morgan fingerprint density at radius 2 is 1.95 bits per heavy atom. The Bertz CT molecular complexity index is 1650. The molecule has 1 aliphatic rings. The molecule has 1 aliphatic heterocycles. The van der Waals surface area contributed by atoms with Crippen molar-refractivity contribution >= 4 is 39.3 Å². The molecule has 194 valence electrons. The number of piperazine rings is 1. The van der Waals surface area contributed by atoms with Crippen LogP contribution in [-0.4, -0.2) is 74.2 Å². The van der Waals surface area contributed by atoms with Crippen LogP contribution in [0.3, 0.4) is 0 Å². The van der Waals surface area contributed by atoms with E-state index in [2.05, 4.69) is 52.3 Å². The molecule has 11 heteroatoms. The van der Waals surface area contributed by atoms with E-state index in [1.807, 2.05) is 19.9 Å². The Morgan fingerprint density at radius 3 is 2.74 bits per heavy atom. The van der Waals surface area contributed by atoms with Crippen LogP contribution in [0.4, 0.5) is 15.8 Å². The van der Waals surface area contributed by atoms with Gasteiger partial charge in [0.2, 0.25) is 5.91 Å². The molecule has 0 aliphatic carbocycles. The second-order valence-electron chi connectivity index (χ2n) is 9.93. The number of benzene rings is 1. The van der Waals surface area contributed by atoms with Gasteiger partial charge in [0.1, 0.15) is 17.0 Å². The Hall–Kier alpha value is -4.38. The van der Waals surface area contributed by atoms with Crippen LogP contribution in [0.25, 0.3) is 44.7 Å². The number of imidazole rings is 1. The maximum Gasteiger partial charge on any atom is 0.226 e. The number of likely N-dealkylation sites (N-methyl/N-ethyl adjacent to an activating group) is 1. The summed E-state index contributed by atoms with van der Waals surface area (Å²) in [6.07, 6.45) is 4.87. The van der Waals surface area contributed by atoms with Crippen molar-refractivity contribution in [1.82, 2.24) is 35.0 Å².